The third-order valence-electron chi connectivity index (χ3n) is 5.18. The predicted octanol–water partition coefficient (Wildman–Crippen LogP) is 3.95. The SMILES string of the molecule is COc1ccc(N2C(=O)Nc3c(C(=O)N=C4CCCNC4)sc4nccc2c34)cc1. The van der Waals surface area contributed by atoms with Gasteiger partial charge in [0, 0.05) is 18.5 Å². The van der Waals surface area contributed by atoms with Crippen molar-refractivity contribution < 1.29 is 14.3 Å². The van der Waals surface area contributed by atoms with Crippen molar-refractivity contribution in [2.75, 3.05) is 30.4 Å². The Morgan fingerprint density at radius 3 is 2.83 bits per heavy atom. The van der Waals surface area contributed by atoms with Crippen molar-refractivity contribution in [3.05, 3.63) is 41.4 Å². The normalized spacial score (nSPS) is 17.3. The standard InChI is InChI=1S/C21H19N5O3S/c1-29-14-6-4-13(5-7-14)26-15-8-10-23-20-16(15)17(25-21(26)28)18(30-20)19(27)24-12-3-2-9-22-11-12/h4-8,10,22H,2-3,9,11H2,1H3,(H,25,28). The number of benzene rings is 1. The van der Waals surface area contributed by atoms with Crippen molar-refractivity contribution in [2.24, 2.45) is 4.99 Å². The highest BCUT2D eigenvalue weighted by molar-refractivity contribution is 7.21. The lowest BCUT2D eigenvalue weighted by atomic mass is 10.1. The van der Waals surface area contributed by atoms with Crippen LogP contribution in [0.15, 0.2) is 41.5 Å². The summed E-state index contributed by atoms with van der Waals surface area (Å²) >= 11 is 1.26. The summed E-state index contributed by atoms with van der Waals surface area (Å²) in [5, 5.41) is 6.87. The number of carbonyl (C=O) groups is 2. The van der Waals surface area contributed by atoms with Gasteiger partial charge in [0.25, 0.3) is 5.91 Å². The molecule has 0 radical (unpaired) electrons. The fourth-order valence-electron chi connectivity index (χ4n) is 3.75. The maximum absolute atomic E-state index is 13.0. The highest BCUT2D eigenvalue weighted by Crippen LogP contribution is 2.46. The molecule has 4 heterocycles. The summed E-state index contributed by atoms with van der Waals surface area (Å²) in [5.74, 6) is 0.368. The molecule has 30 heavy (non-hydrogen) atoms. The van der Waals surface area contributed by atoms with Gasteiger partial charge >= 0.3 is 6.03 Å². The number of hydrogen-bond donors (Lipinski definition) is 2. The molecule has 0 spiro atoms. The van der Waals surface area contributed by atoms with Gasteiger partial charge in [0.05, 0.1) is 29.6 Å². The van der Waals surface area contributed by atoms with Gasteiger partial charge in [-0.3, -0.25) is 9.69 Å². The second-order valence-corrected chi connectivity index (χ2v) is 8.04. The number of urea groups is 1. The number of aliphatic imine (C=N–C) groups is 1. The van der Waals surface area contributed by atoms with Crippen molar-refractivity contribution in [3.8, 4) is 5.75 Å². The Morgan fingerprint density at radius 1 is 1.27 bits per heavy atom. The average Bonchev–Trinajstić information content (AvgIpc) is 3.14. The minimum absolute atomic E-state index is 0.334. The molecule has 1 fully saturated rings. The Labute approximate surface area is 176 Å². The second kappa shape index (κ2) is 7.51. The summed E-state index contributed by atoms with van der Waals surface area (Å²) in [7, 11) is 1.60. The smallest absolute Gasteiger partial charge is 0.331 e. The summed E-state index contributed by atoms with van der Waals surface area (Å²) in [6.07, 6.45) is 3.42. The monoisotopic (exact) mass is 421 g/mol. The van der Waals surface area contributed by atoms with E-state index in [0.29, 0.717) is 39.1 Å². The Morgan fingerprint density at radius 2 is 2.10 bits per heavy atom. The molecule has 8 nitrogen and oxygen atoms in total. The fourth-order valence-corrected chi connectivity index (χ4v) is 4.75. The van der Waals surface area contributed by atoms with Crippen molar-refractivity contribution in [2.45, 2.75) is 12.8 Å². The van der Waals surface area contributed by atoms with Gasteiger partial charge in [-0.25, -0.2) is 14.8 Å². The molecule has 5 rings (SSSR count). The van der Waals surface area contributed by atoms with E-state index in [0.717, 1.165) is 30.5 Å². The highest BCUT2D eigenvalue weighted by Gasteiger charge is 2.32. The average molecular weight is 421 g/mol. The van der Waals surface area contributed by atoms with Crippen LogP contribution < -0.4 is 20.3 Å². The van der Waals surface area contributed by atoms with Crippen molar-refractivity contribution >= 4 is 56.3 Å². The van der Waals surface area contributed by atoms with E-state index in [1.54, 1.807) is 36.4 Å². The molecule has 2 aromatic heterocycles. The Balaban J connectivity index is 1.59. The topological polar surface area (TPSA) is 95.9 Å². The number of carbonyl (C=O) groups excluding carboxylic acids is 2. The first-order valence-electron chi connectivity index (χ1n) is 9.64. The van der Waals surface area contributed by atoms with Crippen LogP contribution in [0, 0.1) is 0 Å². The molecule has 0 aliphatic carbocycles. The zero-order valence-corrected chi connectivity index (χ0v) is 17.1. The van der Waals surface area contributed by atoms with E-state index in [-0.39, 0.29) is 11.9 Å². The van der Waals surface area contributed by atoms with Crippen LogP contribution >= 0.6 is 11.3 Å². The minimum atomic E-state index is -0.337. The number of pyridine rings is 1. The molecule has 2 N–H and O–H groups in total. The number of rotatable bonds is 3. The molecule has 152 valence electrons. The van der Waals surface area contributed by atoms with E-state index in [2.05, 4.69) is 20.6 Å². The van der Waals surface area contributed by atoms with E-state index in [4.69, 9.17) is 4.74 Å². The number of amides is 3. The highest BCUT2D eigenvalue weighted by atomic mass is 32.1. The van der Waals surface area contributed by atoms with E-state index < -0.39 is 0 Å². The molecule has 0 saturated carbocycles. The maximum atomic E-state index is 13.0. The maximum Gasteiger partial charge on any atom is 0.331 e. The summed E-state index contributed by atoms with van der Waals surface area (Å²) in [6.45, 7) is 1.55. The number of aromatic nitrogens is 1. The minimum Gasteiger partial charge on any atom is -0.497 e. The number of piperidine rings is 1. The molecule has 2 aliphatic heterocycles. The molecule has 1 saturated heterocycles. The number of ether oxygens (including phenoxy) is 1. The number of nitrogens with zero attached hydrogens (tertiary/aromatic N) is 3. The molecule has 0 unspecified atom stereocenters. The van der Waals surface area contributed by atoms with Gasteiger partial charge in [0.1, 0.15) is 15.5 Å². The molecular formula is C21H19N5O3S. The lowest BCUT2D eigenvalue weighted by molar-refractivity contribution is 0.101. The van der Waals surface area contributed by atoms with E-state index in [1.165, 1.54) is 11.3 Å². The Kier molecular flexibility index (Phi) is 4.68. The van der Waals surface area contributed by atoms with E-state index >= 15 is 0 Å². The van der Waals surface area contributed by atoms with Crippen molar-refractivity contribution in [3.63, 3.8) is 0 Å². The molecular weight excluding hydrogens is 402 g/mol. The first kappa shape index (κ1) is 18.7. The number of methoxy groups -OCH3 is 1. The number of anilines is 3. The summed E-state index contributed by atoms with van der Waals surface area (Å²) in [5.41, 5.74) is 2.71. The molecule has 0 atom stereocenters. The van der Waals surface area contributed by atoms with Crippen molar-refractivity contribution in [1.82, 2.24) is 10.3 Å². The summed E-state index contributed by atoms with van der Waals surface area (Å²) < 4.78 is 5.21. The van der Waals surface area contributed by atoms with Gasteiger partial charge in [0.15, 0.2) is 0 Å². The third-order valence-corrected chi connectivity index (χ3v) is 6.26. The van der Waals surface area contributed by atoms with Gasteiger partial charge in [-0.15, -0.1) is 11.3 Å². The molecule has 2 aliphatic rings. The molecule has 3 amide bonds. The number of hydrogen-bond acceptors (Lipinski definition) is 6. The zero-order chi connectivity index (χ0) is 20.7. The first-order valence-corrected chi connectivity index (χ1v) is 10.5. The Hall–Kier alpha value is -3.30. The van der Waals surface area contributed by atoms with Gasteiger partial charge in [0.2, 0.25) is 0 Å². The van der Waals surface area contributed by atoms with Crippen LogP contribution in [-0.4, -0.2) is 42.8 Å². The molecule has 0 bridgehead atoms. The molecule has 9 heteroatoms. The summed E-state index contributed by atoms with van der Waals surface area (Å²) in [6, 6.07) is 8.68. The first-order chi connectivity index (χ1) is 14.7. The quantitative estimate of drug-likeness (QED) is 0.668. The predicted molar refractivity (Wildman–Crippen MR) is 118 cm³/mol. The number of thiophene rings is 1. The van der Waals surface area contributed by atoms with Crippen LogP contribution in [0.3, 0.4) is 0 Å². The lowest BCUT2D eigenvalue weighted by Gasteiger charge is -2.28. The number of nitrogens with one attached hydrogen (secondary N) is 2. The van der Waals surface area contributed by atoms with Gasteiger partial charge in [-0.2, -0.15) is 0 Å². The van der Waals surface area contributed by atoms with Crippen molar-refractivity contribution in [1.29, 1.82) is 0 Å². The van der Waals surface area contributed by atoms with Crippen LogP contribution in [0.25, 0.3) is 10.2 Å². The van der Waals surface area contributed by atoms with Crippen LogP contribution in [0.1, 0.15) is 22.5 Å². The van der Waals surface area contributed by atoms with Gasteiger partial charge in [-0.1, -0.05) is 0 Å². The molecule has 3 aromatic rings. The Bertz CT molecular complexity index is 1180. The van der Waals surface area contributed by atoms with Crippen LogP contribution in [-0.2, 0) is 0 Å². The molecule has 1 aromatic carbocycles. The van der Waals surface area contributed by atoms with E-state index in [9.17, 15) is 9.59 Å². The van der Waals surface area contributed by atoms with Crippen LogP contribution in [0.4, 0.5) is 21.9 Å². The van der Waals surface area contributed by atoms with Crippen LogP contribution in [0.2, 0.25) is 0 Å². The largest absolute Gasteiger partial charge is 0.497 e. The second-order valence-electron chi connectivity index (χ2n) is 7.04. The van der Waals surface area contributed by atoms with E-state index in [1.807, 2.05) is 12.1 Å². The summed E-state index contributed by atoms with van der Waals surface area (Å²) in [4.78, 5) is 37.3. The lowest BCUT2D eigenvalue weighted by Crippen LogP contribution is -2.34. The third kappa shape index (κ3) is 3.12. The fraction of sp³-hybridized carbons (Fsp3) is 0.238. The van der Waals surface area contributed by atoms with Gasteiger partial charge in [-0.05, 0) is 49.7 Å². The van der Waals surface area contributed by atoms with Crippen LogP contribution in [0.5, 0.6) is 5.75 Å². The zero-order valence-electron chi connectivity index (χ0n) is 16.3. The van der Waals surface area contributed by atoms with Gasteiger partial charge < -0.3 is 15.4 Å².